The smallest absolute Gasteiger partial charge is 0.115 e. The quantitative estimate of drug-likeness (QED) is 0.247. The number of fused-ring (bicyclic) bond motifs is 3. The maximum absolute atomic E-state index is 9.41. The Hall–Kier alpha value is -2.62. The molecule has 0 saturated heterocycles. The molecule has 28 heavy (non-hydrogen) atoms. The highest BCUT2D eigenvalue weighted by molar-refractivity contribution is 8.17. The van der Waals surface area contributed by atoms with Crippen molar-refractivity contribution in [2.24, 2.45) is 0 Å². The highest BCUT2D eigenvalue weighted by Crippen LogP contribution is 2.62. The first kappa shape index (κ1) is 17.5. The third-order valence-electron chi connectivity index (χ3n) is 5.02. The van der Waals surface area contributed by atoms with Crippen LogP contribution in [0, 0.1) is 0 Å². The van der Waals surface area contributed by atoms with Gasteiger partial charge in [-0.25, -0.2) is 0 Å². The number of rotatable bonds is 4. The lowest BCUT2D eigenvalue weighted by Gasteiger charge is -2.19. The minimum Gasteiger partial charge on any atom is -0.508 e. The summed E-state index contributed by atoms with van der Waals surface area (Å²) in [4.78, 5) is 5.60. The van der Waals surface area contributed by atoms with Crippen molar-refractivity contribution in [3.05, 3.63) is 103 Å². The lowest BCUT2D eigenvalue weighted by molar-refractivity contribution is 0.475. The van der Waals surface area contributed by atoms with Gasteiger partial charge in [0.05, 0.1) is 0 Å². The summed E-state index contributed by atoms with van der Waals surface area (Å²) >= 11 is 1.83. The van der Waals surface area contributed by atoms with E-state index in [1.165, 1.54) is 36.3 Å². The van der Waals surface area contributed by atoms with Crippen molar-refractivity contribution >= 4 is 22.7 Å². The predicted octanol–water partition coefficient (Wildman–Crippen LogP) is 7.14. The Balaban J connectivity index is 1.41. The first-order valence-electron chi connectivity index (χ1n) is 9.29. The summed E-state index contributed by atoms with van der Waals surface area (Å²) in [7, 11) is -0.478. The lowest BCUT2D eigenvalue weighted by atomic mass is 10.1. The van der Waals surface area contributed by atoms with E-state index in [0.29, 0.717) is 5.75 Å². The Morgan fingerprint density at radius 3 is 1.82 bits per heavy atom. The van der Waals surface area contributed by atoms with Crippen LogP contribution in [0.25, 0.3) is 11.1 Å². The Kier molecular flexibility index (Phi) is 4.63. The number of thioether (sulfide) groups is 1. The number of aromatic hydroxyl groups is 1. The van der Waals surface area contributed by atoms with Crippen LogP contribution in [0.3, 0.4) is 0 Å². The van der Waals surface area contributed by atoms with Crippen LogP contribution in [0.1, 0.15) is 5.56 Å². The topological polar surface area (TPSA) is 20.2 Å². The van der Waals surface area contributed by atoms with Crippen molar-refractivity contribution in [3.8, 4) is 16.9 Å². The van der Waals surface area contributed by atoms with E-state index >= 15 is 0 Å². The molecule has 0 radical (unpaired) electrons. The van der Waals surface area contributed by atoms with Crippen LogP contribution in [0.15, 0.2) is 117 Å². The van der Waals surface area contributed by atoms with Gasteiger partial charge in [-0.05, 0) is 70.1 Å². The summed E-state index contributed by atoms with van der Waals surface area (Å²) in [6, 6.07) is 34.2. The number of hydrogen-bond acceptors (Lipinski definition) is 2. The van der Waals surface area contributed by atoms with Crippen molar-refractivity contribution < 1.29 is 5.11 Å². The van der Waals surface area contributed by atoms with Gasteiger partial charge in [-0.1, -0.05) is 48.5 Å². The second-order valence-electron chi connectivity index (χ2n) is 6.82. The molecule has 1 nitrogen and oxygen atoms in total. The average Bonchev–Trinajstić information content (AvgIpc) is 3.08. The van der Waals surface area contributed by atoms with E-state index < -0.39 is 10.9 Å². The second-order valence-corrected chi connectivity index (χ2v) is 10.0. The highest BCUT2D eigenvalue weighted by Gasteiger charge is 2.26. The van der Waals surface area contributed by atoms with Crippen molar-refractivity contribution in [2.45, 2.75) is 25.3 Å². The molecule has 1 heterocycles. The zero-order chi connectivity index (χ0) is 18.9. The first-order chi connectivity index (χ1) is 13.8. The van der Waals surface area contributed by atoms with Gasteiger partial charge in [0.1, 0.15) is 5.75 Å². The monoisotopic (exact) mass is 400 g/mol. The molecule has 5 rings (SSSR count). The average molecular weight is 401 g/mol. The molecular formula is C25H20OS2. The molecule has 1 aliphatic heterocycles. The Morgan fingerprint density at radius 2 is 1.21 bits per heavy atom. The van der Waals surface area contributed by atoms with E-state index in [9.17, 15) is 5.11 Å². The van der Waals surface area contributed by atoms with Crippen LogP contribution in [0.2, 0.25) is 0 Å². The molecule has 4 aromatic rings. The fraction of sp³-hybridized carbons (Fsp3) is 0.0400. The Morgan fingerprint density at radius 1 is 0.643 bits per heavy atom. The van der Waals surface area contributed by atoms with Crippen LogP contribution in [0.4, 0.5) is 0 Å². The van der Waals surface area contributed by atoms with Gasteiger partial charge in [-0.2, -0.15) is 10.9 Å². The van der Waals surface area contributed by atoms with Gasteiger partial charge in [0.15, 0.2) is 0 Å². The molecule has 1 N–H and O–H groups in total. The summed E-state index contributed by atoms with van der Waals surface area (Å²) in [6.07, 6.45) is 0. The lowest BCUT2D eigenvalue weighted by Crippen LogP contribution is -1.84. The molecule has 0 atom stereocenters. The van der Waals surface area contributed by atoms with Crippen LogP contribution < -0.4 is 0 Å². The predicted molar refractivity (Wildman–Crippen MR) is 120 cm³/mol. The summed E-state index contributed by atoms with van der Waals surface area (Å²) < 4.78 is 0. The maximum Gasteiger partial charge on any atom is 0.115 e. The van der Waals surface area contributed by atoms with Gasteiger partial charge in [-0.3, -0.25) is 0 Å². The van der Waals surface area contributed by atoms with Gasteiger partial charge < -0.3 is 5.11 Å². The number of benzene rings is 4. The fourth-order valence-corrected chi connectivity index (χ4v) is 7.11. The number of phenolic OH excluding ortho intramolecular Hbond substituents is 1. The number of hydrogen-bond donors (Lipinski definition) is 2. The molecule has 4 aromatic carbocycles. The van der Waals surface area contributed by atoms with E-state index in [2.05, 4.69) is 72.8 Å². The molecule has 0 bridgehead atoms. The first-order valence-corrected chi connectivity index (χ1v) is 11.6. The summed E-state index contributed by atoms with van der Waals surface area (Å²) in [6.45, 7) is 0. The van der Waals surface area contributed by atoms with E-state index in [1.54, 1.807) is 12.1 Å². The molecule has 0 aliphatic carbocycles. The second kappa shape index (κ2) is 7.42. The molecule has 0 amide bonds. The van der Waals surface area contributed by atoms with Gasteiger partial charge in [0.25, 0.3) is 0 Å². The standard InChI is InChI=1S/C25H20OS2/c26-19-11-9-18(10-12-19)17-27-20-13-15-21(16-14-20)28-24-7-3-1-5-22(24)23-6-2-4-8-25(23)28/h1-16,26,28H,17H2. The van der Waals surface area contributed by atoms with Crippen LogP contribution in [-0.4, -0.2) is 5.11 Å². The number of thiol groups is 1. The third-order valence-corrected chi connectivity index (χ3v) is 8.66. The van der Waals surface area contributed by atoms with E-state index in [-0.39, 0.29) is 0 Å². The molecular weight excluding hydrogens is 380 g/mol. The maximum atomic E-state index is 9.41. The van der Waals surface area contributed by atoms with Crippen molar-refractivity contribution in [1.82, 2.24) is 0 Å². The number of phenols is 1. The molecule has 0 fully saturated rings. The third kappa shape index (κ3) is 3.21. The van der Waals surface area contributed by atoms with Crippen molar-refractivity contribution in [1.29, 1.82) is 0 Å². The molecule has 0 aromatic heterocycles. The molecule has 0 unspecified atom stereocenters. The van der Waals surface area contributed by atoms with Crippen LogP contribution in [-0.2, 0) is 5.75 Å². The summed E-state index contributed by atoms with van der Waals surface area (Å²) in [5.41, 5.74) is 3.99. The Bertz CT molecular complexity index is 1070. The van der Waals surface area contributed by atoms with Crippen LogP contribution >= 0.6 is 22.7 Å². The largest absolute Gasteiger partial charge is 0.508 e. The van der Waals surface area contributed by atoms with E-state index in [1.807, 2.05) is 23.9 Å². The molecule has 138 valence electrons. The SMILES string of the molecule is Oc1ccc(CSc2ccc([SH]3c4ccccc4-c4ccccc43)cc2)cc1. The minimum absolute atomic E-state index is 0.317. The van der Waals surface area contributed by atoms with Gasteiger partial charge >= 0.3 is 0 Å². The molecule has 1 aliphatic rings. The normalized spacial score (nSPS) is 13.2. The van der Waals surface area contributed by atoms with Gasteiger partial charge in [0.2, 0.25) is 0 Å². The van der Waals surface area contributed by atoms with E-state index in [0.717, 1.165) is 5.75 Å². The minimum atomic E-state index is -0.478. The van der Waals surface area contributed by atoms with Crippen molar-refractivity contribution in [2.75, 3.05) is 0 Å². The molecule has 3 heteroatoms. The van der Waals surface area contributed by atoms with Gasteiger partial charge in [0, 0.05) is 20.4 Å². The summed E-state index contributed by atoms with van der Waals surface area (Å²) in [5.74, 6) is 1.22. The van der Waals surface area contributed by atoms with Crippen LogP contribution in [0.5, 0.6) is 5.75 Å². The zero-order valence-corrected chi connectivity index (χ0v) is 17.0. The van der Waals surface area contributed by atoms with E-state index in [4.69, 9.17) is 0 Å². The van der Waals surface area contributed by atoms with Crippen molar-refractivity contribution in [3.63, 3.8) is 0 Å². The Labute approximate surface area is 172 Å². The molecule has 0 saturated carbocycles. The van der Waals surface area contributed by atoms with Gasteiger partial charge in [-0.15, -0.1) is 11.8 Å². The fourth-order valence-electron chi connectivity index (χ4n) is 3.65. The molecule has 0 spiro atoms. The zero-order valence-electron chi connectivity index (χ0n) is 15.2. The summed E-state index contributed by atoms with van der Waals surface area (Å²) in [5, 5.41) is 9.41. The highest BCUT2D eigenvalue weighted by atomic mass is 32.2.